The molecule has 0 aromatic carbocycles. The minimum Gasteiger partial charge on any atom is -0.460 e. The molecule has 0 saturated heterocycles. The maximum atomic E-state index is 11.6. The van der Waals surface area contributed by atoms with E-state index in [9.17, 15) is 14.7 Å². The van der Waals surface area contributed by atoms with Gasteiger partial charge in [-0.3, -0.25) is 9.59 Å². The lowest BCUT2D eigenvalue weighted by atomic mass is 10.1. The first kappa shape index (κ1) is 17.8. The van der Waals surface area contributed by atoms with Gasteiger partial charge in [-0.1, -0.05) is 11.6 Å². The third kappa shape index (κ3) is 11.7. The lowest BCUT2D eigenvalue weighted by Gasteiger charge is -2.19. The number of aliphatic hydroxyl groups is 1. The van der Waals surface area contributed by atoms with Crippen LogP contribution in [0.4, 0.5) is 0 Å². The SMILES string of the molecule is CC(C)=CCCC(O)CC(=O)CC(=O)OC(C)(C)C. The summed E-state index contributed by atoms with van der Waals surface area (Å²) in [4.78, 5) is 23.0. The van der Waals surface area contributed by atoms with Crippen molar-refractivity contribution >= 4 is 11.8 Å². The number of hydrogen-bond donors (Lipinski definition) is 1. The number of rotatable bonds is 7. The van der Waals surface area contributed by atoms with Crippen LogP contribution in [0.2, 0.25) is 0 Å². The summed E-state index contributed by atoms with van der Waals surface area (Å²) in [5, 5.41) is 9.68. The first-order valence-electron chi connectivity index (χ1n) is 6.65. The molecule has 4 nitrogen and oxygen atoms in total. The summed E-state index contributed by atoms with van der Waals surface area (Å²) in [6, 6.07) is 0. The van der Waals surface area contributed by atoms with E-state index in [2.05, 4.69) is 0 Å². The van der Waals surface area contributed by atoms with Gasteiger partial charge < -0.3 is 9.84 Å². The molecule has 0 radical (unpaired) electrons. The zero-order valence-corrected chi connectivity index (χ0v) is 12.7. The fraction of sp³-hybridized carbons (Fsp3) is 0.733. The summed E-state index contributed by atoms with van der Waals surface area (Å²) in [6.45, 7) is 9.23. The van der Waals surface area contributed by atoms with Gasteiger partial charge in [0.15, 0.2) is 0 Å². The van der Waals surface area contributed by atoms with Crippen LogP contribution in [0.1, 0.15) is 60.3 Å². The highest BCUT2D eigenvalue weighted by Gasteiger charge is 2.20. The molecule has 1 atom stereocenters. The van der Waals surface area contributed by atoms with Gasteiger partial charge in [-0.15, -0.1) is 0 Å². The first-order valence-corrected chi connectivity index (χ1v) is 6.65. The molecule has 0 aliphatic carbocycles. The Kier molecular flexibility index (Phi) is 7.61. The molecule has 0 aliphatic heterocycles. The van der Waals surface area contributed by atoms with E-state index in [1.165, 1.54) is 5.57 Å². The number of esters is 1. The monoisotopic (exact) mass is 270 g/mol. The second-order valence-corrected chi connectivity index (χ2v) is 6.02. The minimum absolute atomic E-state index is 0.00977. The normalized spacial score (nSPS) is 12.7. The second kappa shape index (κ2) is 8.10. The molecule has 0 saturated carbocycles. The summed E-state index contributed by atoms with van der Waals surface area (Å²) in [5.74, 6) is -0.812. The predicted molar refractivity (Wildman–Crippen MR) is 74.8 cm³/mol. The molecule has 0 aliphatic rings. The summed E-state index contributed by atoms with van der Waals surface area (Å²) in [5.41, 5.74) is 0.603. The van der Waals surface area contributed by atoms with Gasteiger partial charge in [-0.25, -0.2) is 0 Å². The Bertz CT molecular complexity index is 333. The highest BCUT2D eigenvalue weighted by Crippen LogP contribution is 2.11. The minimum atomic E-state index is -0.689. The fourth-order valence-electron chi connectivity index (χ4n) is 1.54. The van der Waals surface area contributed by atoms with Crippen molar-refractivity contribution in [3.8, 4) is 0 Å². The van der Waals surface area contributed by atoms with Gasteiger partial charge in [-0.2, -0.15) is 0 Å². The van der Waals surface area contributed by atoms with E-state index >= 15 is 0 Å². The van der Waals surface area contributed by atoms with Crippen LogP contribution in [0.5, 0.6) is 0 Å². The van der Waals surface area contributed by atoms with Crippen molar-refractivity contribution < 1.29 is 19.4 Å². The largest absolute Gasteiger partial charge is 0.460 e. The Balaban J connectivity index is 3.97. The number of Topliss-reactive ketones (excluding diaryl/α,β-unsaturated/α-hetero) is 1. The molecule has 0 spiro atoms. The molecule has 1 N–H and O–H groups in total. The summed E-state index contributed by atoms with van der Waals surface area (Å²) >= 11 is 0. The van der Waals surface area contributed by atoms with E-state index in [-0.39, 0.29) is 18.6 Å². The van der Waals surface area contributed by atoms with E-state index in [0.717, 1.165) is 6.42 Å². The van der Waals surface area contributed by atoms with Crippen molar-refractivity contribution in [1.29, 1.82) is 0 Å². The van der Waals surface area contributed by atoms with Crippen molar-refractivity contribution in [3.63, 3.8) is 0 Å². The van der Waals surface area contributed by atoms with Gasteiger partial charge in [0.25, 0.3) is 0 Å². The third-order valence-electron chi connectivity index (χ3n) is 2.28. The Morgan fingerprint density at radius 2 is 1.84 bits per heavy atom. The van der Waals surface area contributed by atoms with Crippen molar-refractivity contribution in [2.24, 2.45) is 0 Å². The smallest absolute Gasteiger partial charge is 0.313 e. The number of aliphatic hydroxyl groups excluding tert-OH is 1. The Morgan fingerprint density at radius 3 is 2.32 bits per heavy atom. The molecule has 110 valence electrons. The molecule has 4 heteroatoms. The molecule has 0 heterocycles. The number of ketones is 1. The quantitative estimate of drug-likeness (QED) is 0.439. The first-order chi connectivity index (χ1) is 8.60. The molecule has 0 bridgehead atoms. The number of carbonyl (C=O) groups is 2. The number of carbonyl (C=O) groups excluding carboxylic acids is 2. The topological polar surface area (TPSA) is 63.6 Å². The molecule has 0 aromatic rings. The van der Waals surface area contributed by atoms with E-state index in [4.69, 9.17) is 4.74 Å². The van der Waals surface area contributed by atoms with Crippen LogP contribution in [0, 0.1) is 0 Å². The van der Waals surface area contributed by atoms with E-state index in [1.54, 1.807) is 20.8 Å². The Labute approximate surface area is 115 Å². The van der Waals surface area contributed by atoms with Crippen LogP contribution in [0.3, 0.4) is 0 Å². The summed E-state index contributed by atoms with van der Waals surface area (Å²) < 4.78 is 5.05. The van der Waals surface area contributed by atoms with E-state index < -0.39 is 17.7 Å². The van der Waals surface area contributed by atoms with Crippen molar-refractivity contribution in [2.75, 3.05) is 0 Å². The maximum absolute atomic E-state index is 11.6. The van der Waals surface area contributed by atoms with E-state index in [0.29, 0.717) is 6.42 Å². The lowest BCUT2D eigenvalue weighted by molar-refractivity contribution is -0.156. The summed E-state index contributed by atoms with van der Waals surface area (Å²) in [7, 11) is 0. The molecular weight excluding hydrogens is 244 g/mol. The summed E-state index contributed by atoms with van der Waals surface area (Å²) in [6.07, 6.45) is 2.34. The van der Waals surface area contributed by atoms with Gasteiger partial charge >= 0.3 is 5.97 Å². The van der Waals surface area contributed by atoms with Crippen molar-refractivity contribution in [2.45, 2.75) is 72.0 Å². The maximum Gasteiger partial charge on any atom is 0.313 e. The molecule has 0 fully saturated rings. The zero-order valence-electron chi connectivity index (χ0n) is 12.7. The third-order valence-corrected chi connectivity index (χ3v) is 2.28. The van der Waals surface area contributed by atoms with E-state index in [1.807, 2.05) is 19.9 Å². The molecule has 0 rings (SSSR count). The van der Waals surface area contributed by atoms with Gasteiger partial charge in [0.1, 0.15) is 17.8 Å². The zero-order chi connectivity index (χ0) is 15.1. The Hall–Kier alpha value is -1.16. The predicted octanol–water partition coefficient (Wildman–Crippen LogP) is 2.78. The highest BCUT2D eigenvalue weighted by molar-refractivity contribution is 5.95. The van der Waals surface area contributed by atoms with Gasteiger partial charge in [0.05, 0.1) is 6.10 Å². The number of ether oxygens (including phenoxy) is 1. The standard InChI is InChI=1S/C15H26O4/c1-11(2)7-6-8-12(16)9-13(17)10-14(18)19-15(3,4)5/h7,12,16H,6,8-10H2,1-5H3. The fourth-order valence-corrected chi connectivity index (χ4v) is 1.54. The van der Waals surface area contributed by atoms with Crippen LogP contribution in [0.15, 0.2) is 11.6 Å². The van der Waals surface area contributed by atoms with Gasteiger partial charge in [0.2, 0.25) is 0 Å². The van der Waals surface area contributed by atoms with Crippen LogP contribution in [0.25, 0.3) is 0 Å². The molecule has 19 heavy (non-hydrogen) atoms. The number of allylic oxidation sites excluding steroid dienone is 2. The average Bonchev–Trinajstić information content (AvgIpc) is 2.12. The van der Waals surface area contributed by atoms with Crippen molar-refractivity contribution in [3.05, 3.63) is 11.6 Å². The average molecular weight is 270 g/mol. The highest BCUT2D eigenvalue weighted by atomic mass is 16.6. The number of hydrogen-bond acceptors (Lipinski definition) is 4. The molecular formula is C15H26O4. The van der Waals surface area contributed by atoms with Gasteiger partial charge in [-0.05, 0) is 47.5 Å². The van der Waals surface area contributed by atoms with Crippen molar-refractivity contribution in [1.82, 2.24) is 0 Å². The van der Waals surface area contributed by atoms with Crippen LogP contribution in [-0.4, -0.2) is 28.6 Å². The molecule has 0 amide bonds. The van der Waals surface area contributed by atoms with Gasteiger partial charge in [0, 0.05) is 6.42 Å². The van der Waals surface area contributed by atoms with Crippen LogP contribution < -0.4 is 0 Å². The molecule has 0 aromatic heterocycles. The second-order valence-electron chi connectivity index (χ2n) is 6.02. The Morgan fingerprint density at radius 1 is 1.26 bits per heavy atom. The molecule has 1 unspecified atom stereocenters. The van der Waals surface area contributed by atoms with Crippen LogP contribution in [-0.2, 0) is 14.3 Å². The lowest BCUT2D eigenvalue weighted by Crippen LogP contribution is -2.26. The van der Waals surface area contributed by atoms with Crippen LogP contribution >= 0.6 is 0 Å².